The number of carbonyl (C=O) groups excluding carboxylic acids is 1. The summed E-state index contributed by atoms with van der Waals surface area (Å²) in [6, 6.07) is 11.9. The van der Waals surface area contributed by atoms with Crippen LogP contribution in [-0.4, -0.2) is 5.78 Å². The molecule has 0 heterocycles. The van der Waals surface area contributed by atoms with Crippen molar-refractivity contribution in [1.82, 2.24) is 0 Å². The Morgan fingerprint density at radius 2 is 2.00 bits per heavy atom. The van der Waals surface area contributed by atoms with Gasteiger partial charge in [-0.05, 0) is 41.3 Å². The van der Waals surface area contributed by atoms with E-state index in [1.165, 1.54) is 5.56 Å². The maximum absolute atomic E-state index is 11.3. The number of fused-ring (bicyclic) bond motifs is 1. The second-order valence-corrected chi connectivity index (χ2v) is 5.83. The van der Waals surface area contributed by atoms with E-state index < -0.39 is 0 Å². The van der Waals surface area contributed by atoms with Crippen molar-refractivity contribution in [2.75, 3.05) is 0 Å². The summed E-state index contributed by atoms with van der Waals surface area (Å²) in [7, 11) is 0. The van der Waals surface area contributed by atoms with Crippen molar-refractivity contribution < 1.29 is 4.79 Å². The largest absolute Gasteiger partial charge is 0.294 e. The molecule has 3 rings (SSSR count). The van der Waals surface area contributed by atoms with Gasteiger partial charge < -0.3 is 0 Å². The molecule has 90 valence electrons. The van der Waals surface area contributed by atoms with Gasteiger partial charge in [-0.2, -0.15) is 0 Å². The molecule has 0 atom stereocenters. The summed E-state index contributed by atoms with van der Waals surface area (Å²) in [4.78, 5) is 11.3. The Bertz CT molecular complexity index is 649. The van der Waals surface area contributed by atoms with Crippen molar-refractivity contribution in [1.29, 1.82) is 0 Å². The minimum absolute atomic E-state index is 0.247. The Kier molecular flexibility index (Phi) is 3.00. The fraction of sp³-hybridized carbons (Fsp3) is 0.133. The second kappa shape index (κ2) is 4.52. The molecule has 0 N–H and O–H groups in total. The first kappa shape index (κ1) is 11.9. The van der Waals surface area contributed by atoms with E-state index in [4.69, 9.17) is 11.6 Å². The van der Waals surface area contributed by atoms with Crippen LogP contribution in [0.4, 0.5) is 0 Å². The Balaban J connectivity index is 1.91. The van der Waals surface area contributed by atoms with Crippen LogP contribution >= 0.6 is 27.5 Å². The monoisotopic (exact) mass is 320 g/mol. The van der Waals surface area contributed by atoms with Crippen LogP contribution in [-0.2, 0) is 12.8 Å². The Hall–Kier alpha value is -1.12. The molecule has 0 unspecified atom stereocenters. The minimum atomic E-state index is 0.247. The molecule has 0 fully saturated rings. The van der Waals surface area contributed by atoms with E-state index in [9.17, 15) is 4.79 Å². The first-order chi connectivity index (χ1) is 8.63. The first-order valence-corrected chi connectivity index (χ1v) is 6.89. The van der Waals surface area contributed by atoms with Crippen molar-refractivity contribution in [2.45, 2.75) is 12.8 Å². The molecule has 0 spiro atoms. The molecular weight excluding hydrogens is 312 g/mol. The third-order valence-corrected chi connectivity index (χ3v) is 4.09. The predicted octanol–water partition coefficient (Wildman–Crippen LogP) is 4.43. The molecule has 18 heavy (non-hydrogen) atoms. The van der Waals surface area contributed by atoms with E-state index in [0.29, 0.717) is 6.42 Å². The predicted molar refractivity (Wildman–Crippen MR) is 76.4 cm³/mol. The van der Waals surface area contributed by atoms with Gasteiger partial charge in [0.2, 0.25) is 0 Å². The number of hydrogen-bond acceptors (Lipinski definition) is 1. The number of rotatable bonds is 2. The van der Waals surface area contributed by atoms with E-state index in [1.54, 1.807) is 0 Å². The minimum Gasteiger partial charge on any atom is -0.294 e. The SMILES string of the molecule is O=C1Cc2cc(Cc3cc(Br)ccc3Cl)ccc21. The Labute approximate surface area is 119 Å². The van der Waals surface area contributed by atoms with Crippen LogP contribution in [0.1, 0.15) is 27.0 Å². The fourth-order valence-electron chi connectivity index (χ4n) is 2.24. The van der Waals surface area contributed by atoms with Gasteiger partial charge in [0, 0.05) is 21.5 Å². The smallest absolute Gasteiger partial charge is 0.167 e. The molecule has 0 bridgehead atoms. The summed E-state index contributed by atoms with van der Waals surface area (Å²) in [5, 5.41) is 0.775. The van der Waals surface area contributed by atoms with Gasteiger partial charge in [-0.3, -0.25) is 4.79 Å². The van der Waals surface area contributed by atoms with E-state index >= 15 is 0 Å². The molecule has 3 heteroatoms. The molecule has 2 aromatic carbocycles. The third kappa shape index (κ3) is 2.11. The van der Waals surface area contributed by atoms with E-state index in [0.717, 1.165) is 32.6 Å². The standard InChI is InChI=1S/C15H10BrClO/c16-12-2-4-14(17)11(7-12)6-9-1-3-13-10(5-9)8-15(13)18/h1-5,7H,6,8H2. The van der Waals surface area contributed by atoms with Crippen LogP contribution in [0.3, 0.4) is 0 Å². The lowest BCUT2D eigenvalue weighted by Crippen LogP contribution is -2.18. The normalized spacial score (nSPS) is 13.1. The van der Waals surface area contributed by atoms with Gasteiger partial charge >= 0.3 is 0 Å². The van der Waals surface area contributed by atoms with Gasteiger partial charge in [0.15, 0.2) is 5.78 Å². The average Bonchev–Trinajstić information content (AvgIpc) is 2.33. The molecule has 0 aliphatic heterocycles. The van der Waals surface area contributed by atoms with Crippen LogP contribution in [0.2, 0.25) is 5.02 Å². The van der Waals surface area contributed by atoms with Gasteiger partial charge in [0.1, 0.15) is 0 Å². The molecule has 0 radical (unpaired) electrons. The molecular formula is C15H10BrClO. The molecule has 1 nitrogen and oxygen atoms in total. The zero-order valence-corrected chi connectivity index (χ0v) is 11.9. The lowest BCUT2D eigenvalue weighted by atomic mass is 9.85. The fourth-order valence-corrected chi connectivity index (χ4v) is 2.83. The lowest BCUT2D eigenvalue weighted by Gasteiger charge is -2.18. The van der Waals surface area contributed by atoms with Crippen LogP contribution in [0.15, 0.2) is 40.9 Å². The summed E-state index contributed by atoms with van der Waals surface area (Å²) in [6.07, 6.45) is 1.37. The van der Waals surface area contributed by atoms with E-state index in [-0.39, 0.29) is 5.78 Å². The van der Waals surface area contributed by atoms with Gasteiger partial charge in [-0.25, -0.2) is 0 Å². The van der Waals surface area contributed by atoms with Crippen LogP contribution < -0.4 is 0 Å². The third-order valence-electron chi connectivity index (χ3n) is 3.22. The van der Waals surface area contributed by atoms with Crippen LogP contribution in [0, 0.1) is 0 Å². The van der Waals surface area contributed by atoms with E-state index in [1.807, 2.05) is 30.3 Å². The van der Waals surface area contributed by atoms with Crippen molar-refractivity contribution in [2.24, 2.45) is 0 Å². The molecule has 0 amide bonds. The number of carbonyl (C=O) groups is 1. The van der Waals surface area contributed by atoms with E-state index in [2.05, 4.69) is 22.0 Å². The van der Waals surface area contributed by atoms with Crippen molar-refractivity contribution in [3.8, 4) is 0 Å². The number of Topliss-reactive ketones (excluding diaryl/α,β-unsaturated/α-hetero) is 1. The maximum Gasteiger partial charge on any atom is 0.167 e. The maximum atomic E-state index is 11.3. The van der Waals surface area contributed by atoms with Gasteiger partial charge in [0.05, 0.1) is 0 Å². The number of halogens is 2. The zero-order valence-electron chi connectivity index (χ0n) is 9.54. The highest BCUT2D eigenvalue weighted by Gasteiger charge is 2.22. The highest BCUT2D eigenvalue weighted by Crippen LogP contribution is 2.27. The summed E-state index contributed by atoms with van der Waals surface area (Å²) in [5.41, 5.74) is 4.32. The van der Waals surface area contributed by atoms with Crippen LogP contribution in [0.5, 0.6) is 0 Å². The molecule has 2 aromatic rings. The number of ketones is 1. The first-order valence-electron chi connectivity index (χ1n) is 5.72. The average molecular weight is 322 g/mol. The second-order valence-electron chi connectivity index (χ2n) is 4.50. The highest BCUT2D eigenvalue weighted by atomic mass is 79.9. The zero-order chi connectivity index (χ0) is 12.7. The molecule has 0 saturated carbocycles. The van der Waals surface area contributed by atoms with Gasteiger partial charge in [-0.15, -0.1) is 0 Å². The summed E-state index contributed by atoms with van der Waals surface area (Å²) in [6.45, 7) is 0. The summed E-state index contributed by atoms with van der Waals surface area (Å²) in [5.74, 6) is 0.247. The number of hydrogen-bond donors (Lipinski definition) is 0. The van der Waals surface area contributed by atoms with Crippen molar-refractivity contribution in [3.05, 3.63) is 68.1 Å². The molecule has 1 aliphatic carbocycles. The summed E-state index contributed by atoms with van der Waals surface area (Å²) >= 11 is 9.63. The van der Waals surface area contributed by atoms with Crippen LogP contribution in [0.25, 0.3) is 0 Å². The van der Waals surface area contributed by atoms with Crippen molar-refractivity contribution in [3.63, 3.8) is 0 Å². The summed E-state index contributed by atoms with van der Waals surface area (Å²) < 4.78 is 1.03. The molecule has 0 aromatic heterocycles. The topological polar surface area (TPSA) is 17.1 Å². The highest BCUT2D eigenvalue weighted by molar-refractivity contribution is 9.10. The van der Waals surface area contributed by atoms with Crippen molar-refractivity contribution >= 4 is 33.3 Å². The van der Waals surface area contributed by atoms with Gasteiger partial charge in [0.25, 0.3) is 0 Å². The van der Waals surface area contributed by atoms with Gasteiger partial charge in [-0.1, -0.05) is 45.7 Å². The Morgan fingerprint density at radius 1 is 1.17 bits per heavy atom. The number of benzene rings is 2. The molecule has 1 aliphatic rings. The lowest BCUT2D eigenvalue weighted by molar-refractivity contribution is 0.0968. The quantitative estimate of drug-likeness (QED) is 0.799. The Morgan fingerprint density at radius 3 is 2.72 bits per heavy atom. The molecule has 0 saturated heterocycles.